The first-order chi connectivity index (χ1) is 9.56. The predicted molar refractivity (Wildman–Crippen MR) is 84.3 cm³/mol. The zero-order valence-electron chi connectivity index (χ0n) is 11.7. The molecule has 0 fully saturated rings. The first kappa shape index (κ1) is 15.4. The van der Waals surface area contributed by atoms with Gasteiger partial charge in [0.05, 0.1) is 28.6 Å². The molecule has 1 N–H and O–H groups in total. The lowest BCUT2D eigenvalue weighted by Crippen LogP contribution is -2.19. The minimum atomic E-state index is 0.586. The Labute approximate surface area is 129 Å². The van der Waals surface area contributed by atoms with Crippen molar-refractivity contribution in [3.8, 4) is 0 Å². The van der Waals surface area contributed by atoms with E-state index in [-0.39, 0.29) is 0 Å². The summed E-state index contributed by atoms with van der Waals surface area (Å²) in [5, 5.41) is 4.58. The highest BCUT2D eigenvalue weighted by atomic mass is 35.5. The lowest BCUT2D eigenvalue weighted by Gasteiger charge is -2.06. The van der Waals surface area contributed by atoms with Gasteiger partial charge in [0.15, 0.2) is 0 Å². The van der Waals surface area contributed by atoms with E-state index >= 15 is 0 Å². The van der Waals surface area contributed by atoms with Gasteiger partial charge >= 0.3 is 0 Å². The molecular formula is C15H19Cl2N3. The van der Waals surface area contributed by atoms with Gasteiger partial charge in [0, 0.05) is 12.7 Å². The first-order valence-electron chi connectivity index (χ1n) is 6.70. The molecule has 0 aliphatic carbocycles. The van der Waals surface area contributed by atoms with Crippen molar-refractivity contribution in [2.75, 3.05) is 6.54 Å². The molecule has 1 heterocycles. The Morgan fingerprint density at radius 1 is 1.30 bits per heavy atom. The van der Waals surface area contributed by atoms with Gasteiger partial charge in [-0.2, -0.15) is 0 Å². The lowest BCUT2D eigenvalue weighted by molar-refractivity contribution is 0.548. The van der Waals surface area contributed by atoms with Crippen LogP contribution in [-0.4, -0.2) is 16.1 Å². The zero-order chi connectivity index (χ0) is 14.5. The highest BCUT2D eigenvalue weighted by Crippen LogP contribution is 2.26. The van der Waals surface area contributed by atoms with Crippen LogP contribution in [0.1, 0.15) is 25.1 Å². The van der Waals surface area contributed by atoms with E-state index in [2.05, 4.69) is 24.1 Å². The number of hydrogen-bond donors (Lipinski definition) is 1. The van der Waals surface area contributed by atoms with Crippen molar-refractivity contribution in [3.63, 3.8) is 0 Å². The van der Waals surface area contributed by atoms with Gasteiger partial charge in [-0.05, 0) is 24.1 Å². The molecule has 20 heavy (non-hydrogen) atoms. The fourth-order valence-corrected chi connectivity index (χ4v) is 2.32. The van der Waals surface area contributed by atoms with Gasteiger partial charge in [0.1, 0.15) is 0 Å². The fourth-order valence-electron chi connectivity index (χ4n) is 1.94. The van der Waals surface area contributed by atoms with Crippen molar-refractivity contribution in [1.82, 2.24) is 14.9 Å². The quantitative estimate of drug-likeness (QED) is 0.874. The van der Waals surface area contributed by atoms with Crippen LogP contribution in [0.5, 0.6) is 0 Å². The summed E-state index contributed by atoms with van der Waals surface area (Å²) < 4.78 is 2.02. The maximum atomic E-state index is 6.19. The van der Waals surface area contributed by atoms with Crippen LogP contribution >= 0.6 is 23.2 Å². The van der Waals surface area contributed by atoms with Crippen molar-refractivity contribution in [2.24, 2.45) is 5.92 Å². The molecule has 0 spiro atoms. The summed E-state index contributed by atoms with van der Waals surface area (Å²) >= 11 is 12.2. The van der Waals surface area contributed by atoms with E-state index in [1.54, 1.807) is 6.07 Å². The van der Waals surface area contributed by atoms with E-state index in [9.17, 15) is 0 Å². The van der Waals surface area contributed by atoms with E-state index < -0.39 is 0 Å². The van der Waals surface area contributed by atoms with Gasteiger partial charge in [0.25, 0.3) is 0 Å². The Hall–Kier alpha value is -1.03. The molecule has 0 saturated carbocycles. The summed E-state index contributed by atoms with van der Waals surface area (Å²) in [6.07, 6.45) is 3.86. The minimum absolute atomic E-state index is 0.586. The minimum Gasteiger partial charge on any atom is -0.333 e. The molecule has 5 heteroatoms. The highest BCUT2D eigenvalue weighted by molar-refractivity contribution is 6.42. The van der Waals surface area contributed by atoms with Gasteiger partial charge in [-0.1, -0.05) is 49.2 Å². The summed E-state index contributed by atoms with van der Waals surface area (Å²) in [5.74, 6) is 0.641. The highest BCUT2D eigenvalue weighted by Gasteiger charge is 2.06. The topological polar surface area (TPSA) is 29.9 Å². The van der Waals surface area contributed by atoms with E-state index in [4.69, 9.17) is 23.2 Å². The van der Waals surface area contributed by atoms with Crippen LogP contribution < -0.4 is 5.32 Å². The molecule has 0 aliphatic rings. The van der Waals surface area contributed by atoms with Gasteiger partial charge in [-0.25, -0.2) is 4.98 Å². The average molecular weight is 312 g/mol. The number of rotatable bonds is 6. The van der Waals surface area contributed by atoms with Crippen LogP contribution in [0.4, 0.5) is 0 Å². The molecule has 0 saturated heterocycles. The smallest absolute Gasteiger partial charge is 0.0953 e. The van der Waals surface area contributed by atoms with Gasteiger partial charge in [0.2, 0.25) is 0 Å². The van der Waals surface area contributed by atoms with E-state index in [0.29, 0.717) is 22.5 Å². The number of nitrogens with one attached hydrogen (secondary N) is 1. The third kappa shape index (κ3) is 4.23. The number of benzene rings is 1. The van der Waals surface area contributed by atoms with Crippen LogP contribution in [0, 0.1) is 5.92 Å². The SMILES string of the molecule is CC(C)CNCc1cn(Cc2cccc(Cl)c2Cl)cn1. The fraction of sp³-hybridized carbons (Fsp3) is 0.400. The largest absolute Gasteiger partial charge is 0.333 e. The summed E-state index contributed by atoms with van der Waals surface area (Å²) in [4.78, 5) is 4.39. The molecule has 0 atom stereocenters. The molecule has 2 aromatic rings. The van der Waals surface area contributed by atoms with Crippen molar-refractivity contribution >= 4 is 23.2 Å². The Bertz CT molecular complexity index is 564. The molecule has 3 nitrogen and oxygen atoms in total. The van der Waals surface area contributed by atoms with Gasteiger partial charge < -0.3 is 9.88 Å². The molecular weight excluding hydrogens is 293 g/mol. The summed E-state index contributed by atoms with van der Waals surface area (Å²) in [5.41, 5.74) is 2.03. The monoisotopic (exact) mass is 311 g/mol. The average Bonchev–Trinajstić information content (AvgIpc) is 2.82. The Kier molecular flexibility index (Phi) is 5.46. The van der Waals surface area contributed by atoms with Crippen molar-refractivity contribution < 1.29 is 0 Å². The summed E-state index contributed by atoms with van der Waals surface area (Å²) in [7, 11) is 0. The molecule has 0 unspecified atom stereocenters. The standard InChI is InChI=1S/C15H19Cl2N3/c1-11(2)6-18-7-13-9-20(10-19-13)8-12-4-3-5-14(16)15(12)17/h3-5,9-11,18H,6-8H2,1-2H3. The molecule has 1 aromatic carbocycles. The Balaban J connectivity index is 1.97. The predicted octanol–water partition coefficient (Wildman–Crippen LogP) is 3.98. The number of hydrogen-bond acceptors (Lipinski definition) is 2. The second-order valence-electron chi connectivity index (χ2n) is 5.28. The first-order valence-corrected chi connectivity index (χ1v) is 7.46. The van der Waals surface area contributed by atoms with Crippen LogP contribution in [0.25, 0.3) is 0 Å². The molecule has 108 valence electrons. The molecule has 0 amide bonds. The maximum absolute atomic E-state index is 6.19. The molecule has 0 bridgehead atoms. The van der Waals surface area contributed by atoms with Crippen molar-refractivity contribution in [3.05, 3.63) is 52.0 Å². The summed E-state index contributed by atoms with van der Waals surface area (Å²) in [6.45, 7) is 6.83. The Morgan fingerprint density at radius 3 is 2.85 bits per heavy atom. The second-order valence-corrected chi connectivity index (χ2v) is 6.06. The van der Waals surface area contributed by atoms with Crippen LogP contribution in [0.15, 0.2) is 30.7 Å². The van der Waals surface area contributed by atoms with E-state index in [1.807, 2.05) is 29.2 Å². The van der Waals surface area contributed by atoms with E-state index in [1.165, 1.54) is 0 Å². The maximum Gasteiger partial charge on any atom is 0.0953 e. The van der Waals surface area contributed by atoms with Gasteiger partial charge in [-0.15, -0.1) is 0 Å². The molecule has 2 rings (SSSR count). The van der Waals surface area contributed by atoms with Crippen LogP contribution in [-0.2, 0) is 13.1 Å². The number of halogens is 2. The van der Waals surface area contributed by atoms with E-state index in [0.717, 1.165) is 24.3 Å². The zero-order valence-corrected chi connectivity index (χ0v) is 13.2. The summed E-state index contributed by atoms with van der Waals surface area (Å²) in [6, 6.07) is 5.68. The van der Waals surface area contributed by atoms with Crippen molar-refractivity contribution in [1.29, 1.82) is 0 Å². The van der Waals surface area contributed by atoms with Crippen LogP contribution in [0.3, 0.4) is 0 Å². The normalized spacial score (nSPS) is 11.2. The second kappa shape index (κ2) is 7.11. The number of imidazole rings is 1. The van der Waals surface area contributed by atoms with Crippen molar-refractivity contribution in [2.45, 2.75) is 26.9 Å². The number of nitrogens with zero attached hydrogens (tertiary/aromatic N) is 2. The molecule has 1 aromatic heterocycles. The molecule has 0 radical (unpaired) electrons. The third-order valence-electron chi connectivity index (χ3n) is 2.93. The lowest BCUT2D eigenvalue weighted by atomic mass is 10.2. The third-order valence-corrected chi connectivity index (χ3v) is 3.79. The number of aromatic nitrogens is 2. The molecule has 0 aliphatic heterocycles. The van der Waals surface area contributed by atoms with Crippen LogP contribution in [0.2, 0.25) is 10.0 Å². The van der Waals surface area contributed by atoms with Gasteiger partial charge in [-0.3, -0.25) is 0 Å². The Morgan fingerprint density at radius 2 is 2.10 bits per heavy atom.